The van der Waals surface area contributed by atoms with Crippen molar-refractivity contribution >= 4 is 52.5 Å². The minimum absolute atomic E-state index is 0.0971. The first-order valence-corrected chi connectivity index (χ1v) is 9.37. The number of nitrogens with zero attached hydrogens (tertiary/aromatic N) is 1. The minimum Gasteiger partial charge on any atom is -0.481 e. The van der Waals surface area contributed by atoms with Crippen LogP contribution in [0.3, 0.4) is 0 Å². The Hall–Kier alpha value is -3.15. The number of furan rings is 1. The summed E-state index contributed by atoms with van der Waals surface area (Å²) >= 11 is 2.00. The number of ether oxygens (including phenoxy) is 2. The number of carbonyl (C=O) groups excluding carboxylic acids is 4. The Labute approximate surface area is 178 Å². The van der Waals surface area contributed by atoms with Crippen molar-refractivity contribution in [2.45, 2.75) is 6.54 Å². The van der Waals surface area contributed by atoms with Gasteiger partial charge in [0.05, 0.1) is 23.5 Å². The molecule has 1 aliphatic rings. The van der Waals surface area contributed by atoms with Crippen molar-refractivity contribution in [3.05, 3.63) is 57.1 Å². The van der Waals surface area contributed by atoms with E-state index in [1.807, 2.05) is 22.6 Å². The van der Waals surface area contributed by atoms with E-state index in [0.717, 1.165) is 4.90 Å². The fourth-order valence-corrected chi connectivity index (χ4v) is 3.18. The van der Waals surface area contributed by atoms with Crippen LogP contribution in [0.25, 0.3) is 6.08 Å². The summed E-state index contributed by atoms with van der Waals surface area (Å²) in [7, 11) is 1.26. The van der Waals surface area contributed by atoms with Crippen LogP contribution in [0.2, 0.25) is 0 Å². The van der Waals surface area contributed by atoms with Crippen molar-refractivity contribution in [3.8, 4) is 5.75 Å². The van der Waals surface area contributed by atoms with Gasteiger partial charge < -0.3 is 13.9 Å². The molecule has 0 bridgehead atoms. The number of nitrogens with one attached hydrogen (secondary N) is 1. The van der Waals surface area contributed by atoms with Gasteiger partial charge in [-0.3, -0.25) is 19.8 Å². The molecule has 10 heteroatoms. The van der Waals surface area contributed by atoms with Crippen LogP contribution in [0.5, 0.6) is 5.75 Å². The van der Waals surface area contributed by atoms with Crippen molar-refractivity contribution < 1.29 is 33.1 Å². The third-order valence-electron chi connectivity index (χ3n) is 3.92. The molecule has 1 saturated heterocycles. The molecule has 1 aromatic carbocycles. The van der Waals surface area contributed by atoms with Gasteiger partial charge in [-0.2, -0.15) is 0 Å². The lowest BCUT2D eigenvalue weighted by molar-refractivity contribution is -0.143. The molecule has 9 nitrogen and oxygen atoms in total. The maximum Gasteiger partial charge on any atom is 0.343 e. The zero-order valence-electron chi connectivity index (χ0n) is 15.1. The summed E-state index contributed by atoms with van der Waals surface area (Å²) < 4.78 is 15.7. The molecular formula is C19H15IN2O7. The second kappa shape index (κ2) is 8.90. The molecule has 0 radical (unpaired) electrons. The number of hydrogen-bond donors (Lipinski definition) is 1. The number of carbonyl (C=O) groups is 4. The number of methoxy groups -OCH3 is 1. The molecule has 0 aliphatic carbocycles. The molecule has 3 rings (SSSR count). The maximum atomic E-state index is 12.7. The number of urea groups is 1. The van der Waals surface area contributed by atoms with Gasteiger partial charge in [-0.15, -0.1) is 0 Å². The molecule has 2 aromatic rings. The molecule has 1 aromatic heterocycles. The van der Waals surface area contributed by atoms with Gasteiger partial charge in [0.2, 0.25) is 0 Å². The molecular weight excluding hydrogens is 495 g/mol. The summed E-state index contributed by atoms with van der Waals surface area (Å²) in [4.78, 5) is 49.0. The van der Waals surface area contributed by atoms with E-state index in [1.54, 1.807) is 30.3 Å². The lowest BCUT2D eigenvalue weighted by atomic mass is 10.1. The van der Waals surface area contributed by atoms with Gasteiger partial charge in [0.1, 0.15) is 17.1 Å². The highest BCUT2D eigenvalue weighted by molar-refractivity contribution is 14.1. The lowest BCUT2D eigenvalue weighted by Gasteiger charge is -2.25. The molecule has 0 spiro atoms. The van der Waals surface area contributed by atoms with E-state index >= 15 is 0 Å². The molecule has 1 aliphatic heterocycles. The number of barbiturate groups is 1. The lowest BCUT2D eigenvalue weighted by Crippen LogP contribution is -2.53. The highest BCUT2D eigenvalue weighted by Gasteiger charge is 2.36. The van der Waals surface area contributed by atoms with Crippen LogP contribution in [0, 0.1) is 3.57 Å². The highest BCUT2D eigenvalue weighted by atomic mass is 127. The van der Waals surface area contributed by atoms with Crippen molar-refractivity contribution in [3.63, 3.8) is 0 Å². The topological polar surface area (TPSA) is 115 Å². The van der Waals surface area contributed by atoms with Crippen LogP contribution in [-0.4, -0.2) is 42.4 Å². The van der Waals surface area contributed by atoms with E-state index in [0.29, 0.717) is 20.6 Å². The smallest absolute Gasteiger partial charge is 0.343 e. The van der Waals surface area contributed by atoms with Gasteiger partial charge in [0, 0.05) is 0 Å². The van der Waals surface area contributed by atoms with E-state index in [2.05, 4.69) is 10.1 Å². The Bertz CT molecular complexity index is 998. The summed E-state index contributed by atoms with van der Waals surface area (Å²) in [6, 6.07) is 7.35. The van der Waals surface area contributed by atoms with E-state index in [-0.39, 0.29) is 18.7 Å². The number of amides is 4. The minimum atomic E-state index is -0.810. The number of esters is 1. The fraction of sp³-hybridized carbons (Fsp3) is 0.158. The van der Waals surface area contributed by atoms with E-state index in [4.69, 9.17) is 9.15 Å². The Morgan fingerprint density at radius 2 is 2.07 bits per heavy atom. The Balaban J connectivity index is 1.81. The largest absolute Gasteiger partial charge is 0.481 e. The second-order valence-corrected chi connectivity index (χ2v) is 7.00. The Morgan fingerprint density at radius 3 is 2.72 bits per heavy atom. The SMILES string of the molecule is COC(=O)COc1ccc(/C=C2\C(=O)NC(=O)N(Cc3ccco3)C2=O)cc1I. The van der Waals surface area contributed by atoms with Crippen LogP contribution in [0.4, 0.5) is 4.79 Å². The molecule has 2 heterocycles. The average molecular weight is 510 g/mol. The first kappa shape index (κ1) is 20.6. The third-order valence-corrected chi connectivity index (χ3v) is 4.76. The predicted molar refractivity (Wildman–Crippen MR) is 107 cm³/mol. The van der Waals surface area contributed by atoms with Crippen LogP contribution in [-0.2, 0) is 25.7 Å². The van der Waals surface area contributed by atoms with Crippen LogP contribution >= 0.6 is 22.6 Å². The third kappa shape index (κ3) is 4.83. The van der Waals surface area contributed by atoms with Crippen molar-refractivity contribution in [1.29, 1.82) is 0 Å². The van der Waals surface area contributed by atoms with Crippen molar-refractivity contribution in [1.82, 2.24) is 10.2 Å². The summed E-state index contributed by atoms with van der Waals surface area (Å²) in [5.41, 5.74) is 0.362. The van der Waals surface area contributed by atoms with Gasteiger partial charge in [-0.25, -0.2) is 9.59 Å². The van der Waals surface area contributed by atoms with Crippen LogP contribution in [0.1, 0.15) is 11.3 Å². The monoisotopic (exact) mass is 510 g/mol. The number of benzene rings is 1. The van der Waals surface area contributed by atoms with Crippen molar-refractivity contribution in [2.24, 2.45) is 0 Å². The molecule has 0 unspecified atom stereocenters. The van der Waals surface area contributed by atoms with E-state index in [1.165, 1.54) is 19.4 Å². The van der Waals surface area contributed by atoms with Crippen LogP contribution in [0.15, 0.2) is 46.6 Å². The van der Waals surface area contributed by atoms with Gasteiger partial charge in [-0.05, 0) is 58.5 Å². The molecule has 0 saturated carbocycles. The van der Waals surface area contributed by atoms with Crippen LogP contribution < -0.4 is 10.1 Å². The standard InChI is InChI=1S/C19H15IN2O7/c1-27-16(23)10-29-15-5-4-11(8-14(15)20)7-13-17(24)21-19(26)22(18(13)25)9-12-3-2-6-28-12/h2-8H,9-10H2,1H3,(H,21,24,26)/b13-7+. The second-order valence-electron chi connectivity index (χ2n) is 5.84. The van der Waals surface area contributed by atoms with Gasteiger partial charge >= 0.3 is 12.0 Å². The number of halogens is 1. The van der Waals surface area contributed by atoms with E-state index < -0.39 is 23.8 Å². The van der Waals surface area contributed by atoms with Crippen molar-refractivity contribution in [2.75, 3.05) is 13.7 Å². The summed E-state index contributed by atoms with van der Waals surface area (Å²) in [6.07, 6.45) is 2.81. The molecule has 4 amide bonds. The number of imide groups is 2. The molecule has 1 fully saturated rings. The van der Waals surface area contributed by atoms with Gasteiger partial charge in [0.15, 0.2) is 6.61 Å². The maximum absolute atomic E-state index is 12.7. The van der Waals surface area contributed by atoms with Gasteiger partial charge in [0.25, 0.3) is 11.8 Å². The number of hydrogen-bond acceptors (Lipinski definition) is 7. The van der Waals surface area contributed by atoms with Gasteiger partial charge in [-0.1, -0.05) is 6.07 Å². The quantitative estimate of drug-likeness (QED) is 0.274. The number of rotatable bonds is 6. The molecule has 1 N–H and O–H groups in total. The fourth-order valence-electron chi connectivity index (χ4n) is 2.48. The summed E-state index contributed by atoms with van der Waals surface area (Å²) in [5, 5.41) is 2.15. The summed E-state index contributed by atoms with van der Waals surface area (Å²) in [5.74, 6) is -1.17. The molecule has 29 heavy (non-hydrogen) atoms. The normalized spacial score (nSPS) is 15.4. The highest BCUT2D eigenvalue weighted by Crippen LogP contribution is 2.24. The zero-order valence-corrected chi connectivity index (χ0v) is 17.3. The van der Waals surface area contributed by atoms with E-state index in [9.17, 15) is 19.2 Å². The first-order chi connectivity index (χ1) is 13.9. The Kier molecular flexibility index (Phi) is 6.32. The average Bonchev–Trinajstić information content (AvgIpc) is 3.20. The Morgan fingerprint density at radius 1 is 1.28 bits per heavy atom. The first-order valence-electron chi connectivity index (χ1n) is 8.29. The molecule has 150 valence electrons. The zero-order chi connectivity index (χ0) is 21.0. The summed E-state index contributed by atoms with van der Waals surface area (Å²) in [6.45, 7) is -0.336. The predicted octanol–water partition coefficient (Wildman–Crippen LogP) is 2.10. The molecule has 0 atom stereocenters.